The van der Waals surface area contributed by atoms with Gasteiger partial charge in [0.1, 0.15) is 11.5 Å². The number of hydrogen-bond acceptors (Lipinski definition) is 6. The van der Waals surface area contributed by atoms with Crippen molar-refractivity contribution in [3.05, 3.63) is 89.8 Å². The van der Waals surface area contributed by atoms with E-state index in [1.54, 1.807) is 48.8 Å². The number of piperidine rings is 1. The Bertz CT molecular complexity index is 1310. The number of benzene rings is 2. The van der Waals surface area contributed by atoms with Crippen LogP contribution in [-0.2, 0) is 9.59 Å². The zero-order valence-electron chi connectivity index (χ0n) is 22.4. The first kappa shape index (κ1) is 26.5. The minimum absolute atomic E-state index is 0.0583. The molecule has 39 heavy (non-hydrogen) atoms. The Hall–Kier alpha value is -4.13. The molecule has 0 bridgehead atoms. The van der Waals surface area contributed by atoms with E-state index in [9.17, 15) is 14.7 Å². The van der Waals surface area contributed by atoms with Crippen LogP contribution in [-0.4, -0.2) is 41.5 Å². The molecule has 2 aliphatic rings. The maximum absolute atomic E-state index is 13.4. The first-order valence-corrected chi connectivity index (χ1v) is 13.9. The number of amides is 1. The summed E-state index contributed by atoms with van der Waals surface area (Å²) in [6.45, 7) is 4.81. The monoisotopic (exact) mass is 525 g/mol. The standard InChI is InChI=1S/C32H35N3O4/c1-2-3-7-22-39-27-14-8-24(9-15-27)30(36)28-29(23-16-18-33-19-17-23)35(32(38)31(28)37)26-12-10-25(11-13-26)34-20-5-4-6-21-34/h8-19,29,36H,2-7,20-22H2,1H3/b30-28+. The summed E-state index contributed by atoms with van der Waals surface area (Å²) in [7, 11) is 0. The van der Waals surface area contributed by atoms with Crippen molar-refractivity contribution >= 4 is 28.8 Å². The van der Waals surface area contributed by atoms with Gasteiger partial charge in [-0.3, -0.25) is 19.5 Å². The second kappa shape index (κ2) is 12.2. The van der Waals surface area contributed by atoms with Crippen molar-refractivity contribution in [1.82, 2.24) is 4.98 Å². The van der Waals surface area contributed by atoms with Crippen LogP contribution in [0.5, 0.6) is 5.75 Å². The summed E-state index contributed by atoms with van der Waals surface area (Å²) in [6.07, 6.45) is 10.0. The number of hydrogen-bond donors (Lipinski definition) is 1. The predicted octanol–water partition coefficient (Wildman–Crippen LogP) is 6.27. The van der Waals surface area contributed by atoms with Gasteiger partial charge in [0.25, 0.3) is 11.7 Å². The van der Waals surface area contributed by atoms with Crippen LogP contribution in [0.25, 0.3) is 5.76 Å². The van der Waals surface area contributed by atoms with Crippen LogP contribution in [0.3, 0.4) is 0 Å². The van der Waals surface area contributed by atoms with E-state index in [2.05, 4.69) is 16.8 Å². The SMILES string of the molecule is CCCCCOc1ccc(/C(O)=C2\C(=O)C(=O)N(c3ccc(N4CCCCC4)cc3)C2c2ccncc2)cc1. The summed E-state index contributed by atoms with van der Waals surface area (Å²) in [6, 6.07) is 17.5. The van der Waals surface area contributed by atoms with E-state index in [0.29, 0.717) is 29.2 Å². The van der Waals surface area contributed by atoms with Crippen molar-refractivity contribution in [1.29, 1.82) is 0 Å². The molecule has 3 heterocycles. The van der Waals surface area contributed by atoms with E-state index < -0.39 is 17.7 Å². The second-order valence-corrected chi connectivity index (χ2v) is 10.1. The highest BCUT2D eigenvalue weighted by Crippen LogP contribution is 2.42. The lowest BCUT2D eigenvalue weighted by molar-refractivity contribution is -0.132. The molecule has 5 rings (SSSR count). The Balaban J connectivity index is 1.48. The molecule has 0 aliphatic carbocycles. The molecule has 1 aromatic heterocycles. The highest BCUT2D eigenvalue weighted by atomic mass is 16.5. The van der Waals surface area contributed by atoms with Crippen molar-refractivity contribution in [3.8, 4) is 5.75 Å². The van der Waals surface area contributed by atoms with Gasteiger partial charge in [-0.2, -0.15) is 0 Å². The normalized spacial score (nSPS) is 18.9. The van der Waals surface area contributed by atoms with Gasteiger partial charge in [-0.25, -0.2) is 0 Å². The predicted molar refractivity (Wildman–Crippen MR) is 153 cm³/mol. The number of nitrogens with zero attached hydrogens (tertiary/aromatic N) is 3. The van der Waals surface area contributed by atoms with Gasteiger partial charge in [-0.05, 0) is 91.9 Å². The highest BCUT2D eigenvalue weighted by Gasteiger charge is 2.47. The van der Waals surface area contributed by atoms with E-state index in [1.165, 1.54) is 24.2 Å². The quantitative estimate of drug-likeness (QED) is 0.154. The number of aromatic nitrogens is 1. The van der Waals surface area contributed by atoms with Crippen LogP contribution in [0.2, 0.25) is 0 Å². The Labute approximate surface area is 229 Å². The first-order chi connectivity index (χ1) is 19.1. The number of aliphatic hydroxyl groups excluding tert-OH is 1. The van der Waals surface area contributed by atoms with Gasteiger partial charge in [-0.1, -0.05) is 19.8 Å². The Morgan fingerprint density at radius 3 is 2.23 bits per heavy atom. The third-order valence-electron chi connectivity index (χ3n) is 7.46. The van der Waals surface area contributed by atoms with Crippen molar-refractivity contribution < 1.29 is 19.4 Å². The van der Waals surface area contributed by atoms with E-state index in [1.807, 2.05) is 24.3 Å². The third kappa shape index (κ3) is 5.67. The largest absolute Gasteiger partial charge is 0.507 e. The molecule has 7 nitrogen and oxygen atoms in total. The minimum Gasteiger partial charge on any atom is -0.507 e. The van der Waals surface area contributed by atoms with Gasteiger partial charge in [-0.15, -0.1) is 0 Å². The summed E-state index contributed by atoms with van der Waals surface area (Å²) >= 11 is 0. The molecule has 1 amide bonds. The lowest BCUT2D eigenvalue weighted by Crippen LogP contribution is -2.30. The lowest BCUT2D eigenvalue weighted by atomic mass is 9.95. The van der Waals surface area contributed by atoms with E-state index >= 15 is 0 Å². The molecule has 2 saturated heterocycles. The van der Waals surface area contributed by atoms with Gasteiger partial charge < -0.3 is 14.7 Å². The number of anilines is 2. The lowest BCUT2D eigenvalue weighted by Gasteiger charge is -2.30. The number of carbonyl (C=O) groups excluding carboxylic acids is 2. The third-order valence-corrected chi connectivity index (χ3v) is 7.46. The molecular formula is C32H35N3O4. The number of aliphatic hydroxyl groups is 1. The summed E-state index contributed by atoms with van der Waals surface area (Å²) in [5, 5.41) is 11.4. The fourth-order valence-corrected chi connectivity index (χ4v) is 5.34. The van der Waals surface area contributed by atoms with Crippen molar-refractivity contribution in [2.45, 2.75) is 51.5 Å². The molecule has 0 saturated carbocycles. The fraction of sp³-hybridized carbons (Fsp3) is 0.344. The van der Waals surface area contributed by atoms with Gasteiger partial charge in [0.05, 0.1) is 18.2 Å². The maximum atomic E-state index is 13.4. The Morgan fingerprint density at radius 2 is 1.56 bits per heavy atom. The molecule has 202 valence electrons. The van der Waals surface area contributed by atoms with E-state index in [4.69, 9.17) is 4.74 Å². The van der Waals surface area contributed by atoms with Crippen LogP contribution in [0.4, 0.5) is 11.4 Å². The van der Waals surface area contributed by atoms with Crippen molar-refractivity contribution in [2.24, 2.45) is 0 Å². The zero-order chi connectivity index (χ0) is 27.2. The number of ether oxygens (including phenoxy) is 1. The van der Waals surface area contributed by atoms with Crippen molar-refractivity contribution in [2.75, 3.05) is 29.5 Å². The molecule has 2 aliphatic heterocycles. The number of pyridine rings is 1. The van der Waals surface area contributed by atoms with Gasteiger partial charge in [0.15, 0.2) is 0 Å². The van der Waals surface area contributed by atoms with Crippen LogP contribution in [0.1, 0.15) is 62.6 Å². The van der Waals surface area contributed by atoms with E-state index in [-0.39, 0.29) is 11.3 Å². The summed E-state index contributed by atoms with van der Waals surface area (Å²) in [5.41, 5.74) is 2.92. The molecule has 1 atom stereocenters. The summed E-state index contributed by atoms with van der Waals surface area (Å²) in [5.74, 6) is -0.892. The fourth-order valence-electron chi connectivity index (χ4n) is 5.34. The van der Waals surface area contributed by atoms with Crippen LogP contribution < -0.4 is 14.5 Å². The van der Waals surface area contributed by atoms with E-state index in [0.717, 1.165) is 38.0 Å². The average Bonchev–Trinajstić information content (AvgIpc) is 3.26. The molecular weight excluding hydrogens is 490 g/mol. The number of unbranched alkanes of at least 4 members (excludes halogenated alkanes) is 2. The first-order valence-electron chi connectivity index (χ1n) is 13.9. The molecule has 2 aromatic carbocycles. The molecule has 7 heteroatoms. The number of Topliss-reactive ketones (excluding diaryl/α,β-unsaturated/α-hetero) is 1. The van der Waals surface area contributed by atoms with Crippen LogP contribution in [0, 0.1) is 0 Å². The zero-order valence-corrected chi connectivity index (χ0v) is 22.4. The van der Waals surface area contributed by atoms with Gasteiger partial charge >= 0.3 is 0 Å². The molecule has 1 N–H and O–H groups in total. The topological polar surface area (TPSA) is 83.0 Å². The highest BCUT2D eigenvalue weighted by molar-refractivity contribution is 6.51. The van der Waals surface area contributed by atoms with Crippen molar-refractivity contribution in [3.63, 3.8) is 0 Å². The minimum atomic E-state index is -0.779. The molecule has 0 spiro atoms. The summed E-state index contributed by atoms with van der Waals surface area (Å²) < 4.78 is 5.79. The molecule has 0 radical (unpaired) electrons. The van der Waals surface area contributed by atoms with Gasteiger partial charge in [0.2, 0.25) is 0 Å². The maximum Gasteiger partial charge on any atom is 0.300 e. The second-order valence-electron chi connectivity index (χ2n) is 10.1. The number of rotatable bonds is 9. The van der Waals surface area contributed by atoms with Crippen LogP contribution in [0.15, 0.2) is 78.6 Å². The smallest absolute Gasteiger partial charge is 0.300 e. The molecule has 2 fully saturated rings. The van der Waals surface area contributed by atoms with Gasteiger partial charge in [0, 0.05) is 42.4 Å². The summed E-state index contributed by atoms with van der Waals surface area (Å²) in [4.78, 5) is 34.8. The number of carbonyl (C=O) groups is 2. The Morgan fingerprint density at radius 1 is 0.897 bits per heavy atom. The average molecular weight is 526 g/mol. The van der Waals surface area contributed by atoms with Crippen LogP contribution >= 0.6 is 0 Å². The molecule has 3 aromatic rings. The Kier molecular flexibility index (Phi) is 8.25. The number of ketones is 1. The molecule has 1 unspecified atom stereocenters.